The Morgan fingerprint density at radius 2 is 1.81 bits per heavy atom. The van der Waals surface area contributed by atoms with E-state index in [1.807, 2.05) is 34.9 Å². The number of likely N-dealkylation sites (tertiary alicyclic amines) is 1. The Morgan fingerprint density at radius 3 is 2.25 bits per heavy atom. The van der Waals surface area contributed by atoms with Crippen LogP contribution in [0.3, 0.4) is 0 Å². The second kappa shape index (κ2) is 4.28. The van der Waals surface area contributed by atoms with Crippen LogP contribution in [0.5, 0.6) is 0 Å². The molecule has 4 nitrogen and oxygen atoms in total. The van der Waals surface area contributed by atoms with Gasteiger partial charge >= 0.3 is 0 Å². The van der Waals surface area contributed by atoms with Crippen molar-refractivity contribution in [2.45, 2.75) is 32.7 Å². The number of carbonyl (C=O) groups is 2. The summed E-state index contributed by atoms with van der Waals surface area (Å²) in [6.45, 7) is 6.46. The average molecular weight is 224 g/mol. The summed E-state index contributed by atoms with van der Waals surface area (Å²) >= 11 is 0. The van der Waals surface area contributed by atoms with Crippen molar-refractivity contribution in [3.8, 4) is 0 Å². The zero-order valence-corrected chi connectivity index (χ0v) is 10.7. The SMILES string of the molecule is CN(C)/C=C1\C(=O)CCN(C(C)(C)C)C1=O. The number of rotatable bonds is 1. The summed E-state index contributed by atoms with van der Waals surface area (Å²) in [5.74, 6) is -0.211. The topological polar surface area (TPSA) is 40.6 Å². The molecule has 0 aromatic heterocycles. The number of amides is 1. The van der Waals surface area contributed by atoms with E-state index >= 15 is 0 Å². The minimum absolute atomic E-state index is 0.0563. The molecule has 1 aliphatic heterocycles. The molecule has 1 heterocycles. The maximum absolute atomic E-state index is 12.1. The van der Waals surface area contributed by atoms with Gasteiger partial charge in [0.2, 0.25) is 0 Å². The first-order valence-electron chi connectivity index (χ1n) is 5.47. The van der Waals surface area contributed by atoms with Crippen LogP contribution in [0.25, 0.3) is 0 Å². The Balaban J connectivity index is 3.01. The van der Waals surface area contributed by atoms with Gasteiger partial charge in [0, 0.05) is 38.8 Å². The number of hydrogen-bond acceptors (Lipinski definition) is 3. The van der Waals surface area contributed by atoms with Crippen molar-refractivity contribution in [2.75, 3.05) is 20.6 Å². The number of nitrogens with zero attached hydrogens (tertiary/aromatic N) is 2. The fourth-order valence-corrected chi connectivity index (χ4v) is 1.74. The number of hydrogen-bond donors (Lipinski definition) is 0. The van der Waals surface area contributed by atoms with Crippen LogP contribution in [0, 0.1) is 0 Å². The summed E-state index contributed by atoms with van der Waals surface area (Å²) < 4.78 is 0. The summed E-state index contributed by atoms with van der Waals surface area (Å²) in [7, 11) is 3.62. The summed E-state index contributed by atoms with van der Waals surface area (Å²) in [6.07, 6.45) is 2.03. The molecule has 16 heavy (non-hydrogen) atoms. The van der Waals surface area contributed by atoms with Crippen LogP contribution < -0.4 is 0 Å². The van der Waals surface area contributed by atoms with Gasteiger partial charge in [-0.05, 0) is 20.8 Å². The van der Waals surface area contributed by atoms with Gasteiger partial charge in [0.05, 0.1) is 5.57 Å². The third-order valence-electron chi connectivity index (χ3n) is 2.54. The summed E-state index contributed by atoms with van der Waals surface area (Å²) in [4.78, 5) is 27.3. The van der Waals surface area contributed by atoms with Gasteiger partial charge in [-0.15, -0.1) is 0 Å². The molecule has 0 N–H and O–H groups in total. The molecule has 90 valence electrons. The van der Waals surface area contributed by atoms with E-state index in [0.29, 0.717) is 18.5 Å². The molecular weight excluding hydrogens is 204 g/mol. The van der Waals surface area contributed by atoms with E-state index in [9.17, 15) is 9.59 Å². The molecule has 1 saturated heterocycles. The highest BCUT2D eigenvalue weighted by molar-refractivity contribution is 6.20. The largest absolute Gasteiger partial charge is 0.383 e. The maximum Gasteiger partial charge on any atom is 0.259 e. The van der Waals surface area contributed by atoms with Crippen LogP contribution in [0.1, 0.15) is 27.2 Å². The van der Waals surface area contributed by atoms with Crippen molar-refractivity contribution in [3.63, 3.8) is 0 Å². The van der Waals surface area contributed by atoms with Gasteiger partial charge in [0.1, 0.15) is 0 Å². The van der Waals surface area contributed by atoms with Crippen molar-refractivity contribution >= 4 is 11.7 Å². The molecule has 1 fully saturated rings. The Morgan fingerprint density at radius 1 is 1.25 bits per heavy atom. The van der Waals surface area contributed by atoms with Gasteiger partial charge in [0.15, 0.2) is 5.78 Å². The Bertz CT molecular complexity index is 337. The Kier molecular flexibility index (Phi) is 3.41. The van der Waals surface area contributed by atoms with E-state index in [-0.39, 0.29) is 17.2 Å². The summed E-state index contributed by atoms with van der Waals surface area (Å²) in [5, 5.41) is 0. The van der Waals surface area contributed by atoms with Crippen LogP contribution in [0.2, 0.25) is 0 Å². The number of Topliss-reactive ketones (excluding diaryl/α,β-unsaturated/α-hetero) is 1. The zero-order valence-electron chi connectivity index (χ0n) is 10.7. The highest BCUT2D eigenvalue weighted by atomic mass is 16.2. The normalized spacial score (nSPS) is 20.6. The van der Waals surface area contributed by atoms with E-state index in [0.717, 1.165) is 0 Å². The summed E-state index contributed by atoms with van der Waals surface area (Å²) in [5.41, 5.74) is 0.0644. The van der Waals surface area contributed by atoms with Gasteiger partial charge in [-0.1, -0.05) is 0 Å². The lowest BCUT2D eigenvalue weighted by Crippen LogP contribution is -2.51. The quantitative estimate of drug-likeness (QED) is 0.493. The standard InChI is InChI=1S/C12H20N2O2/c1-12(2,3)14-7-6-10(15)9(11(14)16)8-13(4)5/h8H,6-7H2,1-5H3/b9-8+. The molecular formula is C12H20N2O2. The second-order valence-electron chi connectivity index (χ2n) is 5.31. The molecule has 0 bridgehead atoms. The average Bonchev–Trinajstić information content (AvgIpc) is 2.09. The second-order valence-corrected chi connectivity index (χ2v) is 5.31. The highest BCUT2D eigenvalue weighted by Gasteiger charge is 2.35. The Labute approximate surface area is 96.9 Å². The van der Waals surface area contributed by atoms with E-state index in [2.05, 4.69) is 0 Å². The number of carbonyl (C=O) groups excluding carboxylic acids is 2. The molecule has 0 aromatic carbocycles. The summed E-state index contributed by atoms with van der Waals surface area (Å²) in [6, 6.07) is 0. The van der Waals surface area contributed by atoms with Gasteiger partial charge < -0.3 is 9.80 Å². The van der Waals surface area contributed by atoms with Gasteiger partial charge in [-0.2, -0.15) is 0 Å². The van der Waals surface area contributed by atoms with Gasteiger partial charge in [-0.3, -0.25) is 9.59 Å². The van der Waals surface area contributed by atoms with Crippen LogP contribution in [0.15, 0.2) is 11.8 Å². The predicted octanol–water partition coefficient (Wildman–Crippen LogP) is 1.03. The predicted molar refractivity (Wildman–Crippen MR) is 62.9 cm³/mol. The van der Waals surface area contributed by atoms with Crippen molar-refractivity contribution in [3.05, 3.63) is 11.8 Å². The third-order valence-corrected chi connectivity index (χ3v) is 2.54. The van der Waals surface area contributed by atoms with Crippen LogP contribution in [0.4, 0.5) is 0 Å². The molecule has 0 atom stereocenters. The lowest BCUT2D eigenvalue weighted by Gasteiger charge is -2.38. The fraction of sp³-hybridized carbons (Fsp3) is 0.667. The molecule has 1 aliphatic rings. The van der Waals surface area contributed by atoms with Gasteiger partial charge in [-0.25, -0.2) is 0 Å². The van der Waals surface area contributed by atoms with E-state index in [1.165, 1.54) is 0 Å². The molecule has 0 unspecified atom stereocenters. The first-order chi connectivity index (χ1) is 7.23. The first kappa shape index (κ1) is 12.7. The molecule has 1 rings (SSSR count). The molecule has 0 aliphatic carbocycles. The Hall–Kier alpha value is -1.32. The molecule has 1 amide bonds. The zero-order chi connectivity index (χ0) is 12.5. The first-order valence-corrected chi connectivity index (χ1v) is 5.47. The van der Waals surface area contributed by atoms with Crippen molar-refractivity contribution in [1.29, 1.82) is 0 Å². The molecule has 0 spiro atoms. The van der Waals surface area contributed by atoms with Crippen molar-refractivity contribution in [2.24, 2.45) is 0 Å². The van der Waals surface area contributed by atoms with Crippen LogP contribution in [-0.2, 0) is 9.59 Å². The van der Waals surface area contributed by atoms with E-state index < -0.39 is 0 Å². The van der Waals surface area contributed by atoms with Gasteiger partial charge in [0.25, 0.3) is 5.91 Å². The molecule has 0 saturated carbocycles. The molecule has 0 aromatic rings. The number of piperidine rings is 1. The monoisotopic (exact) mass is 224 g/mol. The van der Waals surface area contributed by atoms with Crippen LogP contribution >= 0.6 is 0 Å². The van der Waals surface area contributed by atoms with Crippen molar-refractivity contribution < 1.29 is 9.59 Å². The highest BCUT2D eigenvalue weighted by Crippen LogP contribution is 2.22. The van der Waals surface area contributed by atoms with E-state index in [1.54, 1.807) is 16.0 Å². The fourth-order valence-electron chi connectivity index (χ4n) is 1.74. The maximum atomic E-state index is 12.1. The molecule has 4 heteroatoms. The lowest BCUT2D eigenvalue weighted by molar-refractivity contribution is -0.137. The minimum Gasteiger partial charge on any atom is -0.383 e. The molecule has 0 radical (unpaired) electrons. The van der Waals surface area contributed by atoms with E-state index in [4.69, 9.17) is 0 Å². The third kappa shape index (κ3) is 2.62. The smallest absolute Gasteiger partial charge is 0.259 e. The number of ketones is 1. The lowest BCUT2D eigenvalue weighted by atomic mass is 9.96. The van der Waals surface area contributed by atoms with Crippen LogP contribution in [-0.4, -0.2) is 47.7 Å². The minimum atomic E-state index is -0.233. The van der Waals surface area contributed by atoms with Crippen molar-refractivity contribution in [1.82, 2.24) is 9.80 Å².